The van der Waals surface area contributed by atoms with Crippen LogP contribution in [0.2, 0.25) is 0 Å². The van der Waals surface area contributed by atoms with Gasteiger partial charge in [-0.15, -0.1) is 11.3 Å². The molecule has 8 nitrogen and oxygen atoms in total. The molecule has 5 rings (SSSR count). The number of carbonyl (C=O) groups excluding carboxylic acids is 1. The molecule has 0 bridgehead atoms. The number of hydrogen-bond acceptors (Lipinski definition) is 6. The van der Waals surface area contributed by atoms with Gasteiger partial charge in [-0.2, -0.15) is 0 Å². The van der Waals surface area contributed by atoms with Crippen molar-refractivity contribution >= 4 is 33.1 Å². The molecule has 32 heavy (non-hydrogen) atoms. The van der Waals surface area contributed by atoms with E-state index in [9.17, 15) is 23.2 Å². The van der Waals surface area contributed by atoms with Crippen LogP contribution in [-0.4, -0.2) is 21.8 Å². The SMILES string of the molecule is O=C(Cn1c(=O)n(-c2cc(F)cc(F)c2)c(=O)c2sccc21)Nc1ccc2c(c1)OCO2. The second kappa shape index (κ2) is 7.61. The van der Waals surface area contributed by atoms with Gasteiger partial charge in [0.15, 0.2) is 11.5 Å². The van der Waals surface area contributed by atoms with E-state index in [2.05, 4.69) is 5.32 Å². The van der Waals surface area contributed by atoms with Crippen LogP contribution in [-0.2, 0) is 11.3 Å². The van der Waals surface area contributed by atoms with Crippen molar-refractivity contribution in [1.82, 2.24) is 9.13 Å². The fourth-order valence-electron chi connectivity index (χ4n) is 3.45. The number of anilines is 1. The lowest BCUT2D eigenvalue weighted by atomic mass is 10.2. The first kappa shape index (κ1) is 19.9. The molecule has 0 atom stereocenters. The van der Waals surface area contributed by atoms with Gasteiger partial charge in [0.05, 0.1) is 11.2 Å². The van der Waals surface area contributed by atoms with Crippen LogP contribution < -0.4 is 26.0 Å². The standard InChI is InChI=1S/C21H13F2N3O5S/c22-11-5-12(23)7-14(6-11)26-20(28)19-15(3-4-32-19)25(21(26)29)9-18(27)24-13-1-2-16-17(8-13)31-10-30-16/h1-8H,9-10H2,(H,24,27). The number of amides is 1. The summed E-state index contributed by atoms with van der Waals surface area (Å²) >= 11 is 1.06. The van der Waals surface area contributed by atoms with Crippen LogP contribution in [0.5, 0.6) is 11.5 Å². The minimum atomic E-state index is -0.940. The topological polar surface area (TPSA) is 91.6 Å². The second-order valence-corrected chi connectivity index (χ2v) is 7.80. The Kier molecular flexibility index (Phi) is 4.74. The van der Waals surface area contributed by atoms with Crippen LogP contribution in [0, 0.1) is 11.6 Å². The lowest BCUT2D eigenvalue weighted by molar-refractivity contribution is -0.116. The van der Waals surface area contributed by atoms with E-state index in [1.165, 1.54) is 6.07 Å². The van der Waals surface area contributed by atoms with Gasteiger partial charge in [-0.25, -0.2) is 18.1 Å². The number of thiophene rings is 1. The summed E-state index contributed by atoms with van der Waals surface area (Å²) in [7, 11) is 0. The fraction of sp³-hybridized carbons (Fsp3) is 0.0952. The van der Waals surface area contributed by atoms with E-state index in [1.54, 1.807) is 23.6 Å². The monoisotopic (exact) mass is 457 g/mol. The molecule has 4 aromatic rings. The molecule has 3 heterocycles. The smallest absolute Gasteiger partial charge is 0.336 e. The third-order valence-corrected chi connectivity index (χ3v) is 5.71. The summed E-state index contributed by atoms with van der Waals surface area (Å²) in [6.45, 7) is -0.348. The zero-order valence-electron chi connectivity index (χ0n) is 16.1. The number of aromatic nitrogens is 2. The van der Waals surface area contributed by atoms with Gasteiger partial charge >= 0.3 is 5.69 Å². The molecular weight excluding hydrogens is 444 g/mol. The highest BCUT2D eigenvalue weighted by molar-refractivity contribution is 7.17. The van der Waals surface area contributed by atoms with Gasteiger partial charge in [-0.05, 0) is 35.7 Å². The van der Waals surface area contributed by atoms with Crippen molar-refractivity contribution in [3.63, 3.8) is 0 Å². The molecule has 0 fully saturated rings. The van der Waals surface area contributed by atoms with Crippen LogP contribution in [0.25, 0.3) is 15.9 Å². The van der Waals surface area contributed by atoms with Crippen LogP contribution in [0.1, 0.15) is 0 Å². The summed E-state index contributed by atoms with van der Waals surface area (Å²) in [5.74, 6) is -1.40. The first-order chi connectivity index (χ1) is 15.4. The van der Waals surface area contributed by atoms with E-state index in [-0.39, 0.29) is 22.7 Å². The van der Waals surface area contributed by atoms with E-state index in [4.69, 9.17) is 9.47 Å². The Morgan fingerprint density at radius 1 is 1.03 bits per heavy atom. The predicted octanol–water partition coefficient (Wildman–Crippen LogP) is 2.86. The van der Waals surface area contributed by atoms with Gasteiger partial charge in [0.1, 0.15) is 22.9 Å². The number of nitrogens with one attached hydrogen (secondary N) is 1. The highest BCUT2D eigenvalue weighted by Gasteiger charge is 2.19. The van der Waals surface area contributed by atoms with E-state index in [0.717, 1.165) is 28.0 Å². The van der Waals surface area contributed by atoms with Crippen molar-refractivity contribution in [3.05, 3.63) is 80.3 Å². The largest absolute Gasteiger partial charge is 0.454 e. The normalized spacial score (nSPS) is 12.3. The molecule has 2 aromatic heterocycles. The summed E-state index contributed by atoms with van der Waals surface area (Å²) in [6, 6.07) is 8.76. The molecule has 11 heteroatoms. The summed E-state index contributed by atoms with van der Waals surface area (Å²) < 4.78 is 39.9. The molecule has 0 spiro atoms. The van der Waals surface area contributed by atoms with Crippen molar-refractivity contribution in [3.8, 4) is 17.2 Å². The summed E-state index contributed by atoms with van der Waals surface area (Å²) in [4.78, 5) is 38.7. The molecule has 0 radical (unpaired) electrons. The Balaban J connectivity index is 1.55. The lowest BCUT2D eigenvalue weighted by Crippen LogP contribution is -2.40. The number of carbonyl (C=O) groups is 1. The maximum atomic E-state index is 13.7. The molecule has 0 unspecified atom stereocenters. The van der Waals surface area contributed by atoms with Gasteiger partial charge < -0.3 is 14.8 Å². The first-order valence-corrected chi connectivity index (χ1v) is 10.2. The maximum absolute atomic E-state index is 13.7. The van der Waals surface area contributed by atoms with Crippen LogP contribution in [0.15, 0.2) is 57.4 Å². The highest BCUT2D eigenvalue weighted by atomic mass is 32.1. The van der Waals surface area contributed by atoms with Crippen molar-refractivity contribution in [1.29, 1.82) is 0 Å². The molecule has 0 aliphatic carbocycles. The highest BCUT2D eigenvalue weighted by Crippen LogP contribution is 2.34. The van der Waals surface area contributed by atoms with Crippen molar-refractivity contribution in [2.75, 3.05) is 12.1 Å². The zero-order valence-corrected chi connectivity index (χ0v) is 16.9. The number of hydrogen-bond donors (Lipinski definition) is 1. The Bertz CT molecular complexity index is 1490. The van der Waals surface area contributed by atoms with Gasteiger partial charge in [0.25, 0.3) is 5.56 Å². The average Bonchev–Trinajstić information content (AvgIpc) is 3.40. The molecular formula is C21H13F2N3O5S. The first-order valence-electron chi connectivity index (χ1n) is 9.30. The van der Waals surface area contributed by atoms with E-state index < -0.39 is 35.3 Å². The molecule has 2 aromatic carbocycles. The molecule has 1 N–H and O–H groups in total. The number of benzene rings is 2. The Labute approximate surface area is 181 Å². The zero-order chi connectivity index (χ0) is 22.4. The average molecular weight is 457 g/mol. The van der Waals surface area contributed by atoms with Crippen molar-refractivity contribution < 1.29 is 23.0 Å². The molecule has 162 valence electrons. The molecule has 1 amide bonds. The number of rotatable bonds is 4. The van der Waals surface area contributed by atoms with Crippen molar-refractivity contribution in [2.24, 2.45) is 0 Å². The number of fused-ring (bicyclic) bond motifs is 2. The minimum absolute atomic E-state index is 0.0838. The quantitative estimate of drug-likeness (QED) is 0.509. The van der Waals surface area contributed by atoms with Crippen molar-refractivity contribution in [2.45, 2.75) is 6.54 Å². The van der Waals surface area contributed by atoms with Crippen LogP contribution in [0.3, 0.4) is 0 Å². The second-order valence-electron chi connectivity index (χ2n) is 6.89. The van der Waals surface area contributed by atoms with E-state index in [1.807, 2.05) is 0 Å². The summed E-state index contributed by atoms with van der Waals surface area (Å²) in [5, 5.41) is 4.25. The third kappa shape index (κ3) is 3.42. The number of halogens is 2. The van der Waals surface area contributed by atoms with E-state index in [0.29, 0.717) is 27.8 Å². The van der Waals surface area contributed by atoms with E-state index >= 15 is 0 Å². The van der Waals surface area contributed by atoms with Crippen LogP contribution >= 0.6 is 11.3 Å². The Hall–Kier alpha value is -3.99. The lowest BCUT2D eigenvalue weighted by Gasteiger charge is -2.13. The van der Waals surface area contributed by atoms with Crippen LogP contribution in [0.4, 0.5) is 14.5 Å². The number of ether oxygens (including phenoxy) is 2. The van der Waals surface area contributed by atoms with Gasteiger partial charge in [0.2, 0.25) is 12.7 Å². The Morgan fingerprint density at radius 3 is 2.56 bits per heavy atom. The molecule has 1 aliphatic heterocycles. The Morgan fingerprint density at radius 2 is 1.78 bits per heavy atom. The number of nitrogens with zero attached hydrogens (tertiary/aromatic N) is 2. The van der Waals surface area contributed by atoms with Gasteiger partial charge in [-0.1, -0.05) is 0 Å². The minimum Gasteiger partial charge on any atom is -0.454 e. The molecule has 1 aliphatic rings. The van der Waals surface area contributed by atoms with Gasteiger partial charge in [-0.3, -0.25) is 14.2 Å². The molecule has 0 saturated heterocycles. The maximum Gasteiger partial charge on any atom is 0.336 e. The molecule has 0 saturated carbocycles. The third-order valence-electron chi connectivity index (χ3n) is 4.82. The summed E-state index contributed by atoms with van der Waals surface area (Å²) in [5.41, 5.74) is -1.21. The predicted molar refractivity (Wildman–Crippen MR) is 113 cm³/mol. The summed E-state index contributed by atoms with van der Waals surface area (Å²) in [6.07, 6.45) is 0. The fourth-order valence-corrected chi connectivity index (χ4v) is 4.28. The van der Waals surface area contributed by atoms with Gasteiger partial charge in [0, 0.05) is 17.8 Å².